The van der Waals surface area contributed by atoms with Crippen LogP contribution in [0.15, 0.2) is 200 Å². The summed E-state index contributed by atoms with van der Waals surface area (Å²) in [6.45, 7) is 8.69. The molecular weight excluding hydrogens is 677 g/mol. The molecular formula is C54H48N2. The molecule has 0 aromatic heterocycles. The molecule has 8 rings (SSSR count). The summed E-state index contributed by atoms with van der Waals surface area (Å²) in [7, 11) is 0. The van der Waals surface area contributed by atoms with E-state index < -0.39 is 0 Å². The van der Waals surface area contributed by atoms with Crippen molar-refractivity contribution in [1.29, 1.82) is 0 Å². The third-order valence-corrected chi connectivity index (χ3v) is 10.6. The maximum Gasteiger partial charge on any atom is 0.0462 e. The van der Waals surface area contributed by atoms with Gasteiger partial charge in [0.2, 0.25) is 0 Å². The molecule has 0 spiro atoms. The zero-order chi connectivity index (χ0) is 38.4. The molecule has 56 heavy (non-hydrogen) atoms. The summed E-state index contributed by atoms with van der Waals surface area (Å²) < 4.78 is 0. The fourth-order valence-electron chi connectivity index (χ4n) is 7.49. The molecule has 2 heteroatoms. The molecule has 7 aromatic carbocycles. The summed E-state index contributed by atoms with van der Waals surface area (Å²) in [5.41, 5.74) is 17.9. The molecule has 0 amide bonds. The highest BCUT2D eigenvalue weighted by Gasteiger charge is 2.16. The zero-order valence-corrected chi connectivity index (χ0v) is 32.7. The molecule has 2 nitrogen and oxygen atoms in total. The summed E-state index contributed by atoms with van der Waals surface area (Å²) in [4.78, 5) is 4.66. The lowest BCUT2D eigenvalue weighted by Crippen LogP contribution is -2.10. The highest BCUT2D eigenvalue weighted by molar-refractivity contribution is 5.92. The summed E-state index contributed by atoms with van der Waals surface area (Å²) in [5, 5.41) is 0. The van der Waals surface area contributed by atoms with Gasteiger partial charge in [-0.25, -0.2) is 0 Å². The Kier molecular flexibility index (Phi) is 10.6. The van der Waals surface area contributed by atoms with Gasteiger partial charge >= 0.3 is 0 Å². The molecule has 0 saturated heterocycles. The fourth-order valence-corrected chi connectivity index (χ4v) is 7.49. The average molecular weight is 725 g/mol. The van der Waals surface area contributed by atoms with E-state index in [9.17, 15) is 0 Å². The molecule has 0 bridgehead atoms. The Morgan fingerprint density at radius 2 is 0.839 bits per heavy atom. The Morgan fingerprint density at radius 1 is 0.464 bits per heavy atom. The smallest absolute Gasteiger partial charge is 0.0462 e. The van der Waals surface area contributed by atoms with E-state index in [1.807, 2.05) is 0 Å². The molecule has 1 aliphatic carbocycles. The molecule has 0 N–H and O–H groups in total. The van der Waals surface area contributed by atoms with E-state index in [2.05, 4.69) is 238 Å². The lowest BCUT2D eigenvalue weighted by Gasteiger charge is -2.26. The van der Waals surface area contributed by atoms with Gasteiger partial charge in [-0.3, -0.25) is 0 Å². The largest absolute Gasteiger partial charge is 0.311 e. The van der Waals surface area contributed by atoms with Crippen molar-refractivity contribution in [2.75, 3.05) is 9.80 Å². The van der Waals surface area contributed by atoms with Crippen molar-refractivity contribution in [2.24, 2.45) is 5.92 Å². The van der Waals surface area contributed by atoms with Crippen LogP contribution in [0.1, 0.15) is 41.2 Å². The predicted octanol–water partition coefficient (Wildman–Crippen LogP) is 15.3. The van der Waals surface area contributed by atoms with Gasteiger partial charge in [-0.2, -0.15) is 0 Å². The minimum absolute atomic E-state index is 0.525. The second-order valence-electron chi connectivity index (χ2n) is 15.0. The monoisotopic (exact) mass is 724 g/mol. The van der Waals surface area contributed by atoms with Crippen molar-refractivity contribution in [3.05, 3.63) is 228 Å². The number of benzene rings is 7. The minimum Gasteiger partial charge on any atom is -0.311 e. The third kappa shape index (κ3) is 8.21. The number of allylic oxidation sites excluding steroid dienone is 5. The molecule has 274 valence electrons. The molecule has 1 atom stereocenters. The number of aryl methyl sites for hydroxylation is 3. The van der Waals surface area contributed by atoms with Gasteiger partial charge in [-0.15, -0.1) is 0 Å². The van der Waals surface area contributed by atoms with Gasteiger partial charge in [0.1, 0.15) is 0 Å². The van der Waals surface area contributed by atoms with E-state index in [0.717, 1.165) is 40.5 Å². The Hall–Kier alpha value is -6.64. The van der Waals surface area contributed by atoms with E-state index >= 15 is 0 Å². The van der Waals surface area contributed by atoms with Crippen LogP contribution in [-0.4, -0.2) is 0 Å². The van der Waals surface area contributed by atoms with E-state index in [0.29, 0.717) is 5.92 Å². The van der Waals surface area contributed by atoms with Gasteiger partial charge in [0.05, 0.1) is 0 Å². The van der Waals surface area contributed by atoms with Crippen molar-refractivity contribution in [3.63, 3.8) is 0 Å². The molecule has 0 aliphatic heterocycles. The quantitative estimate of drug-likeness (QED) is 0.130. The van der Waals surface area contributed by atoms with Crippen molar-refractivity contribution in [1.82, 2.24) is 0 Å². The van der Waals surface area contributed by atoms with E-state index in [1.165, 1.54) is 50.1 Å². The second-order valence-corrected chi connectivity index (χ2v) is 15.0. The Labute approximate surface area is 333 Å². The van der Waals surface area contributed by atoms with E-state index in [-0.39, 0.29) is 0 Å². The van der Waals surface area contributed by atoms with Crippen molar-refractivity contribution in [3.8, 4) is 11.1 Å². The first-order valence-electron chi connectivity index (χ1n) is 19.6. The SMILES string of the molecule is Cc1ccc(N(c2ccc(C)cc2)c2ccc(-c3ccc(N(c4ccc(C)cc4)c4ccc(/C=C(/C5=CC=CC(C)C5)c5ccccc5)cc4)cc3)cc2)cc1. The molecule has 1 unspecified atom stereocenters. The lowest BCUT2D eigenvalue weighted by molar-refractivity contribution is 0.721. The number of hydrogen-bond donors (Lipinski definition) is 0. The zero-order valence-electron chi connectivity index (χ0n) is 32.7. The fraction of sp³-hybridized carbons (Fsp3) is 0.111. The Morgan fingerprint density at radius 3 is 1.23 bits per heavy atom. The van der Waals surface area contributed by atoms with Gasteiger partial charge in [0, 0.05) is 34.1 Å². The Bertz CT molecular complexity index is 2420. The molecule has 1 aliphatic rings. The van der Waals surface area contributed by atoms with Crippen LogP contribution >= 0.6 is 0 Å². The summed E-state index contributed by atoms with van der Waals surface area (Å²) in [6, 6.07) is 63.9. The number of rotatable bonds is 10. The highest BCUT2D eigenvalue weighted by Crippen LogP contribution is 2.39. The van der Waals surface area contributed by atoms with Crippen LogP contribution in [0.4, 0.5) is 34.1 Å². The van der Waals surface area contributed by atoms with Crippen LogP contribution in [0.3, 0.4) is 0 Å². The van der Waals surface area contributed by atoms with Crippen molar-refractivity contribution >= 4 is 45.8 Å². The van der Waals surface area contributed by atoms with Crippen LogP contribution in [0.25, 0.3) is 22.8 Å². The van der Waals surface area contributed by atoms with Crippen molar-refractivity contribution in [2.45, 2.75) is 34.1 Å². The number of anilines is 6. The average Bonchev–Trinajstić information content (AvgIpc) is 3.23. The highest BCUT2D eigenvalue weighted by atomic mass is 15.1. The van der Waals surface area contributed by atoms with Gasteiger partial charge in [-0.1, -0.05) is 145 Å². The van der Waals surface area contributed by atoms with Crippen LogP contribution in [0.5, 0.6) is 0 Å². The summed E-state index contributed by atoms with van der Waals surface area (Å²) in [6.07, 6.45) is 10.1. The number of hydrogen-bond acceptors (Lipinski definition) is 2. The van der Waals surface area contributed by atoms with Gasteiger partial charge in [0.25, 0.3) is 0 Å². The maximum absolute atomic E-state index is 2.34. The first-order valence-corrected chi connectivity index (χ1v) is 19.6. The Balaban J connectivity index is 1.09. The molecule has 0 radical (unpaired) electrons. The molecule has 0 heterocycles. The van der Waals surface area contributed by atoms with Gasteiger partial charge < -0.3 is 9.80 Å². The topological polar surface area (TPSA) is 6.48 Å². The van der Waals surface area contributed by atoms with Crippen LogP contribution in [-0.2, 0) is 0 Å². The molecule has 0 fully saturated rings. The lowest BCUT2D eigenvalue weighted by atomic mass is 9.86. The van der Waals surface area contributed by atoms with Crippen LogP contribution < -0.4 is 9.80 Å². The first-order chi connectivity index (χ1) is 27.4. The van der Waals surface area contributed by atoms with Crippen LogP contribution in [0.2, 0.25) is 0 Å². The predicted molar refractivity (Wildman–Crippen MR) is 241 cm³/mol. The van der Waals surface area contributed by atoms with Gasteiger partial charge in [0.15, 0.2) is 0 Å². The standard InChI is InChI=1S/C54H48N2/c1-39-13-25-48(26-14-39)55(49-27-15-40(2)16-28-49)52-33-21-44(22-34-52)45-23-35-53(36-24-45)56(50-29-17-41(3)18-30-50)51-31-19-43(20-32-51)38-54(46-10-6-5-7-11-46)47-12-8-9-42(4)37-47/h5-36,38,42H,37H2,1-4H3/b54-38+. The van der Waals surface area contributed by atoms with E-state index in [1.54, 1.807) is 0 Å². The van der Waals surface area contributed by atoms with Crippen LogP contribution in [0, 0.1) is 26.7 Å². The minimum atomic E-state index is 0.525. The van der Waals surface area contributed by atoms with Crippen molar-refractivity contribution < 1.29 is 0 Å². The summed E-state index contributed by atoms with van der Waals surface area (Å²) in [5.74, 6) is 0.525. The van der Waals surface area contributed by atoms with Gasteiger partial charge in [-0.05, 0) is 145 Å². The summed E-state index contributed by atoms with van der Waals surface area (Å²) >= 11 is 0. The maximum atomic E-state index is 2.34. The normalized spacial score (nSPS) is 14.0. The number of nitrogens with zero attached hydrogens (tertiary/aromatic N) is 2. The second kappa shape index (κ2) is 16.4. The van der Waals surface area contributed by atoms with E-state index in [4.69, 9.17) is 0 Å². The molecule has 7 aromatic rings. The third-order valence-electron chi connectivity index (χ3n) is 10.6. The molecule has 0 saturated carbocycles. The first kappa shape index (κ1) is 36.3.